The fourth-order valence-electron chi connectivity index (χ4n) is 0.277. The zero-order valence-corrected chi connectivity index (χ0v) is 6.02. The Kier molecular flexibility index (Phi) is 4.02. The van der Waals surface area contributed by atoms with Crippen molar-refractivity contribution in [2.24, 2.45) is 0 Å². The number of hydrazine groups is 1. The lowest BCUT2D eigenvalue weighted by Crippen LogP contribution is -2.45. The smallest absolute Gasteiger partial charge is 0.333 e. The summed E-state index contributed by atoms with van der Waals surface area (Å²) in [6.45, 7) is 1.70. The van der Waals surface area contributed by atoms with Crippen molar-refractivity contribution < 1.29 is 9.59 Å². The van der Waals surface area contributed by atoms with E-state index in [1.54, 1.807) is 6.92 Å². The summed E-state index contributed by atoms with van der Waals surface area (Å²) in [4.78, 5) is 20.9. The van der Waals surface area contributed by atoms with Crippen LogP contribution < -0.4 is 16.2 Å². The van der Waals surface area contributed by atoms with E-state index in [-0.39, 0.29) is 5.91 Å². The fraction of sp³-hybridized carbons (Fsp3) is 0.600. The van der Waals surface area contributed by atoms with E-state index in [0.29, 0.717) is 6.42 Å². The summed E-state index contributed by atoms with van der Waals surface area (Å²) in [5, 5.41) is 2.28. The summed E-state index contributed by atoms with van der Waals surface area (Å²) in [6, 6.07) is -0.429. The standard InChI is InChI=1S/C5H11N3O2/c1-3-4(9)7-8-5(10)6-2/h3H2,1-2H3,(H,7,9)(H2,6,8,10). The molecule has 10 heavy (non-hydrogen) atoms. The number of nitrogens with one attached hydrogen (secondary N) is 3. The van der Waals surface area contributed by atoms with Gasteiger partial charge >= 0.3 is 6.03 Å². The SMILES string of the molecule is CCC(=O)NNC(=O)NC. The molecule has 0 aromatic rings. The van der Waals surface area contributed by atoms with E-state index in [0.717, 1.165) is 0 Å². The quantitative estimate of drug-likeness (QED) is 0.429. The van der Waals surface area contributed by atoms with E-state index in [2.05, 4.69) is 16.2 Å². The van der Waals surface area contributed by atoms with Gasteiger partial charge in [-0.15, -0.1) is 0 Å². The van der Waals surface area contributed by atoms with Crippen molar-refractivity contribution in [3.8, 4) is 0 Å². The molecule has 0 heterocycles. The molecule has 0 aliphatic rings. The van der Waals surface area contributed by atoms with Gasteiger partial charge in [-0.05, 0) is 0 Å². The van der Waals surface area contributed by atoms with Gasteiger partial charge in [-0.3, -0.25) is 10.2 Å². The zero-order chi connectivity index (χ0) is 7.98. The first-order valence-corrected chi connectivity index (χ1v) is 2.97. The maximum absolute atomic E-state index is 10.5. The van der Waals surface area contributed by atoms with Gasteiger partial charge in [0.2, 0.25) is 5.91 Å². The van der Waals surface area contributed by atoms with Crippen LogP contribution in [0.15, 0.2) is 0 Å². The summed E-state index contributed by atoms with van der Waals surface area (Å²) in [7, 11) is 1.47. The second-order valence-electron chi connectivity index (χ2n) is 1.61. The first-order chi connectivity index (χ1) is 4.70. The van der Waals surface area contributed by atoms with E-state index in [9.17, 15) is 9.59 Å². The molecule has 0 bridgehead atoms. The minimum atomic E-state index is -0.429. The van der Waals surface area contributed by atoms with E-state index < -0.39 is 6.03 Å². The van der Waals surface area contributed by atoms with Gasteiger partial charge in [0.05, 0.1) is 0 Å². The summed E-state index contributed by atoms with van der Waals surface area (Å²) in [6.07, 6.45) is 0.351. The highest BCUT2D eigenvalue weighted by molar-refractivity contribution is 5.80. The van der Waals surface area contributed by atoms with E-state index in [4.69, 9.17) is 0 Å². The molecule has 0 spiro atoms. The molecule has 0 atom stereocenters. The Bertz CT molecular complexity index is 119. The van der Waals surface area contributed by atoms with Gasteiger partial charge in [-0.25, -0.2) is 10.2 Å². The molecule has 3 N–H and O–H groups in total. The summed E-state index contributed by atoms with van der Waals surface area (Å²) in [5.41, 5.74) is 4.32. The predicted octanol–water partition coefficient (Wildman–Crippen LogP) is -0.643. The Balaban J connectivity index is 3.35. The molecule has 5 nitrogen and oxygen atoms in total. The molecule has 5 heteroatoms. The fourth-order valence-corrected chi connectivity index (χ4v) is 0.277. The lowest BCUT2D eigenvalue weighted by Gasteiger charge is -2.03. The highest BCUT2D eigenvalue weighted by atomic mass is 16.2. The molecule has 0 aliphatic carbocycles. The average molecular weight is 145 g/mol. The van der Waals surface area contributed by atoms with Crippen molar-refractivity contribution >= 4 is 11.9 Å². The summed E-state index contributed by atoms with van der Waals surface area (Å²) < 4.78 is 0. The van der Waals surface area contributed by atoms with Crippen LogP contribution in [0.4, 0.5) is 4.79 Å². The molecule has 0 radical (unpaired) electrons. The molecule has 0 aromatic carbocycles. The van der Waals surface area contributed by atoms with Crippen molar-refractivity contribution in [3.05, 3.63) is 0 Å². The number of carbonyl (C=O) groups excluding carboxylic acids is 2. The Hall–Kier alpha value is -1.26. The van der Waals surface area contributed by atoms with Crippen molar-refractivity contribution in [1.82, 2.24) is 16.2 Å². The zero-order valence-electron chi connectivity index (χ0n) is 6.02. The van der Waals surface area contributed by atoms with Crippen LogP contribution >= 0.6 is 0 Å². The van der Waals surface area contributed by atoms with Gasteiger partial charge in [-0.1, -0.05) is 6.92 Å². The van der Waals surface area contributed by atoms with E-state index in [1.807, 2.05) is 0 Å². The first kappa shape index (κ1) is 8.74. The van der Waals surface area contributed by atoms with Gasteiger partial charge in [0.1, 0.15) is 0 Å². The van der Waals surface area contributed by atoms with Crippen LogP contribution in [0.25, 0.3) is 0 Å². The molecular formula is C5H11N3O2. The molecule has 0 aromatic heterocycles. The highest BCUT2D eigenvalue weighted by Gasteiger charge is 1.97. The highest BCUT2D eigenvalue weighted by Crippen LogP contribution is 1.70. The topological polar surface area (TPSA) is 70.2 Å². The molecule has 0 saturated carbocycles. The van der Waals surface area contributed by atoms with Crippen LogP contribution in [-0.4, -0.2) is 19.0 Å². The van der Waals surface area contributed by atoms with Gasteiger partial charge in [-0.2, -0.15) is 0 Å². The lowest BCUT2D eigenvalue weighted by molar-refractivity contribution is -0.121. The van der Waals surface area contributed by atoms with Crippen molar-refractivity contribution in [2.45, 2.75) is 13.3 Å². The summed E-state index contributed by atoms with van der Waals surface area (Å²) >= 11 is 0. The second kappa shape index (κ2) is 4.60. The maximum atomic E-state index is 10.5. The van der Waals surface area contributed by atoms with Crippen LogP contribution in [0.2, 0.25) is 0 Å². The van der Waals surface area contributed by atoms with Crippen LogP contribution in [0, 0.1) is 0 Å². The van der Waals surface area contributed by atoms with Gasteiger partial charge in [0, 0.05) is 13.5 Å². The number of carbonyl (C=O) groups is 2. The molecule has 0 fully saturated rings. The van der Waals surface area contributed by atoms with Crippen molar-refractivity contribution in [2.75, 3.05) is 7.05 Å². The molecule has 58 valence electrons. The van der Waals surface area contributed by atoms with E-state index in [1.165, 1.54) is 7.05 Å². The summed E-state index contributed by atoms with van der Waals surface area (Å²) in [5.74, 6) is -0.219. The van der Waals surface area contributed by atoms with Gasteiger partial charge in [0.15, 0.2) is 0 Å². The largest absolute Gasteiger partial charge is 0.340 e. The van der Waals surface area contributed by atoms with Crippen LogP contribution in [-0.2, 0) is 4.79 Å². The molecule has 0 unspecified atom stereocenters. The third-order valence-corrected chi connectivity index (χ3v) is 0.864. The molecule has 3 amide bonds. The Morgan fingerprint density at radius 3 is 2.30 bits per heavy atom. The Morgan fingerprint density at radius 2 is 1.90 bits per heavy atom. The monoisotopic (exact) mass is 145 g/mol. The number of amides is 3. The van der Waals surface area contributed by atoms with Crippen LogP contribution in [0.1, 0.15) is 13.3 Å². The average Bonchev–Trinajstić information content (AvgIpc) is 1.99. The molecule has 0 aliphatic heterocycles. The molecular weight excluding hydrogens is 134 g/mol. The first-order valence-electron chi connectivity index (χ1n) is 2.97. The second-order valence-corrected chi connectivity index (χ2v) is 1.61. The third-order valence-electron chi connectivity index (χ3n) is 0.864. The Labute approximate surface area is 59.1 Å². The normalized spacial score (nSPS) is 8.20. The minimum absolute atomic E-state index is 0.219. The predicted molar refractivity (Wildman–Crippen MR) is 36.0 cm³/mol. The third kappa shape index (κ3) is 3.71. The number of rotatable bonds is 1. The van der Waals surface area contributed by atoms with Crippen LogP contribution in [0.3, 0.4) is 0 Å². The van der Waals surface area contributed by atoms with Crippen molar-refractivity contribution in [3.63, 3.8) is 0 Å². The lowest BCUT2D eigenvalue weighted by atomic mass is 10.5. The minimum Gasteiger partial charge on any atom is -0.340 e. The van der Waals surface area contributed by atoms with Crippen LogP contribution in [0.5, 0.6) is 0 Å². The maximum Gasteiger partial charge on any atom is 0.333 e. The molecule has 0 rings (SSSR count). The van der Waals surface area contributed by atoms with Gasteiger partial charge in [0.25, 0.3) is 0 Å². The number of hydrogen-bond acceptors (Lipinski definition) is 2. The number of urea groups is 1. The van der Waals surface area contributed by atoms with E-state index >= 15 is 0 Å². The number of hydrogen-bond donors (Lipinski definition) is 3. The van der Waals surface area contributed by atoms with Crippen molar-refractivity contribution in [1.29, 1.82) is 0 Å². The Morgan fingerprint density at radius 1 is 1.30 bits per heavy atom. The molecule has 0 saturated heterocycles. The van der Waals surface area contributed by atoms with Gasteiger partial charge < -0.3 is 5.32 Å².